The van der Waals surface area contributed by atoms with E-state index in [1.807, 2.05) is 37.4 Å². The quantitative estimate of drug-likeness (QED) is 0.850. The monoisotopic (exact) mass is 213 g/mol. The van der Waals surface area contributed by atoms with E-state index in [9.17, 15) is 0 Å². The number of aromatic nitrogens is 1. The van der Waals surface area contributed by atoms with E-state index in [0.29, 0.717) is 6.54 Å². The Morgan fingerprint density at radius 1 is 1.12 bits per heavy atom. The molecule has 16 heavy (non-hydrogen) atoms. The number of anilines is 2. The first-order chi connectivity index (χ1) is 7.81. The van der Waals surface area contributed by atoms with E-state index >= 15 is 0 Å². The highest BCUT2D eigenvalue weighted by molar-refractivity contribution is 5.62. The number of para-hydroxylation sites is 1. The van der Waals surface area contributed by atoms with Gasteiger partial charge in [0.05, 0.1) is 5.69 Å². The molecule has 0 aliphatic carbocycles. The van der Waals surface area contributed by atoms with Crippen molar-refractivity contribution in [1.29, 1.82) is 0 Å². The first-order valence-corrected chi connectivity index (χ1v) is 5.25. The third-order valence-electron chi connectivity index (χ3n) is 2.54. The van der Waals surface area contributed by atoms with Crippen molar-refractivity contribution < 1.29 is 0 Å². The third-order valence-corrected chi connectivity index (χ3v) is 2.54. The van der Waals surface area contributed by atoms with Crippen LogP contribution in [0.5, 0.6) is 0 Å². The normalized spacial score (nSPS) is 10.1. The maximum atomic E-state index is 5.58. The Morgan fingerprint density at radius 3 is 2.56 bits per heavy atom. The van der Waals surface area contributed by atoms with Crippen molar-refractivity contribution in [2.24, 2.45) is 5.73 Å². The number of nitrogens with zero attached hydrogens (tertiary/aromatic N) is 2. The van der Waals surface area contributed by atoms with E-state index in [0.717, 1.165) is 17.1 Å². The summed E-state index contributed by atoms with van der Waals surface area (Å²) in [6.45, 7) is 0.469. The minimum atomic E-state index is 0.469. The highest BCUT2D eigenvalue weighted by atomic mass is 15.1. The van der Waals surface area contributed by atoms with Crippen molar-refractivity contribution >= 4 is 11.4 Å². The first-order valence-electron chi connectivity index (χ1n) is 5.25. The largest absolute Gasteiger partial charge is 0.345 e. The second-order valence-electron chi connectivity index (χ2n) is 3.60. The number of benzene rings is 1. The fourth-order valence-electron chi connectivity index (χ4n) is 1.59. The molecule has 0 spiro atoms. The van der Waals surface area contributed by atoms with Crippen LogP contribution in [0.25, 0.3) is 0 Å². The molecule has 0 saturated carbocycles. The molecule has 2 rings (SSSR count). The summed E-state index contributed by atoms with van der Waals surface area (Å²) in [4.78, 5) is 6.29. The van der Waals surface area contributed by atoms with Crippen LogP contribution in [0.1, 0.15) is 5.69 Å². The Kier molecular flexibility index (Phi) is 3.17. The van der Waals surface area contributed by atoms with Gasteiger partial charge in [0.1, 0.15) is 0 Å². The molecular weight excluding hydrogens is 198 g/mol. The molecule has 0 saturated heterocycles. The van der Waals surface area contributed by atoms with Crippen LogP contribution >= 0.6 is 0 Å². The van der Waals surface area contributed by atoms with Gasteiger partial charge in [-0.05, 0) is 24.3 Å². The van der Waals surface area contributed by atoms with Gasteiger partial charge < -0.3 is 10.6 Å². The molecule has 0 aliphatic heterocycles. The van der Waals surface area contributed by atoms with Crippen LogP contribution in [0.4, 0.5) is 11.4 Å². The molecule has 0 atom stereocenters. The van der Waals surface area contributed by atoms with E-state index in [1.54, 1.807) is 6.20 Å². The van der Waals surface area contributed by atoms with Crippen LogP contribution in [-0.4, -0.2) is 12.0 Å². The predicted molar refractivity (Wildman–Crippen MR) is 66.6 cm³/mol. The van der Waals surface area contributed by atoms with E-state index in [-0.39, 0.29) is 0 Å². The van der Waals surface area contributed by atoms with Crippen LogP contribution in [0.15, 0.2) is 48.7 Å². The van der Waals surface area contributed by atoms with Gasteiger partial charge in [-0.15, -0.1) is 0 Å². The Labute approximate surface area is 95.5 Å². The van der Waals surface area contributed by atoms with Crippen LogP contribution < -0.4 is 10.6 Å². The molecule has 0 radical (unpaired) electrons. The maximum Gasteiger partial charge on any atom is 0.0560 e. The molecular formula is C13H15N3. The van der Waals surface area contributed by atoms with Gasteiger partial charge in [0.15, 0.2) is 0 Å². The zero-order valence-electron chi connectivity index (χ0n) is 9.30. The highest BCUT2D eigenvalue weighted by Crippen LogP contribution is 2.22. The van der Waals surface area contributed by atoms with Gasteiger partial charge >= 0.3 is 0 Å². The SMILES string of the molecule is CN(c1ccccc1)c1ccnc(CN)c1. The minimum absolute atomic E-state index is 0.469. The molecule has 82 valence electrons. The molecule has 3 nitrogen and oxygen atoms in total. The summed E-state index contributed by atoms with van der Waals surface area (Å²) in [6, 6.07) is 14.2. The van der Waals surface area contributed by atoms with Crippen molar-refractivity contribution in [3.63, 3.8) is 0 Å². The molecule has 1 heterocycles. The molecule has 0 amide bonds. The van der Waals surface area contributed by atoms with E-state index in [1.165, 1.54) is 0 Å². The van der Waals surface area contributed by atoms with E-state index in [4.69, 9.17) is 5.73 Å². The fraction of sp³-hybridized carbons (Fsp3) is 0.154. The molecule has 0 aliphatic rings. The van der Waals surface area contributed by atoms with Gasteiger partial charge in [0, 0.05) is 31.2 Å². The molecule has 1 aromatic carbocycles. The summed E-state index contributed by atoms with van der Waals surface area (Å²) in [7, 11) is 2.03. The Morgan fingerprint density at radius 2 is 1.88 bits per heavy atom. The average molecular weight is 213 g/mol. The predicted octanol–water partition coefficient (Wildman–Crippen LogP) is 2.31. The summed E-state index contributed by atoms with van der Waals surface area (Å²) in [5.74, 6) is 0. The molecule has 1 aromatic heterocycles. The van der Waals surface area contributed by atoms with Crippen molar-refractivity contribution in [1.82, 2.24) is 4.98 Å². The van der Waals surface area contributed by atoms with E-state index < -0.39 is 0 Å². The average Bonchev–Trinajstić information content (AvgIpc) is 2.39. The van der Waals surface area contributed by atoms with Gasteiger partial charge in [-0.1, -0.05) is 18.2 Å². The van der Waals surface area contributed by atoms with Gasteiger partial charge in [-0.3, -0.25) is 4.98 Å². The van der Waals surface area contributed by atoms with E-state index in [2.05, 4.69) is 22.0 Å². The molecule has 0 fully saturated rings. The van der Waals surface area contributed by atoms with Gasteiger partial charge in [-0.25, -0.2) is 0 Å². The Balaban J connectivity index is 2.30. The first kappa shape index (κ1) is 10.6. The standard InChI is InChI=1S/C13H15N3/c1-16(12-5-3-2-4-6-12)13-7-8-15-11(9-13)10-14/h2-9H,10,14H2,1H3. The highest BCUT2D eigenvalue weighted by Gasteiger charge is 2.03. The molecule has 0 unspecified atom stereocenters. The number of pyridine rings is 1. The summed E-state index contributed by atoms with van der Waals surface area (Å²) in [6.07, 6.45) is 1.79. The van der Waals surface area contributed by atoms with Crippen molar-refractivity contribution in [2.75, 3.05) is 11.9 Å². The van der Waals surface area contributed by atoms with Crippen LogP contribution in [0.2, 0.25) is 0 Å². The van der Waals surface area contributed by atoms with Gasteiger partial charge in [-0.2, -0.15) is 0 Å². The zero-order chi connectivity index (χ0) is 11.4. The second kappa shape index (κ2) is 4.77. The molecule has 3 heteroatoms. The van der Waals surface area contributed by atoms with Crippen LogP contribution in [-0.2, 0) is 6.54 Å². The van der Waals surface area contributed by atoms with Gasteiger partial charge in [0.25, 0.3) is 0 Å². The molecule has 2 N–H and O–H groups in total. The Hall–Kier alpha value is -1.87. The van der Waals surface area contributed by atoms with Crippen molar-refractivity contribution in [2.45, 2.75) is 6.54 Å². The zero-order valence-corrected chi connectivity index (χ0v) is 9.30. The molecule has 0 bridgehead atoms. The minimum Gasteiger partial charge on any atom is -0.345 e. The summed E-state index contributed by atoms with van der Waals surface area (Å²) < 4.78 is 0. The van der Waals surface area contributed by atoms with Gasteiger partial charge in [0.2, 0.25) is 0 Å². The molecule has 2 aromatic rings. The van der Waals surface area contributed by atoms with Crippen LogP contribution in [0.3, 0.4) is 0 Å². The maximum absolute atomic E-state index is 5.58. The lowest BCUT2D eigenvalue weighted by atomic mass is 10.2. The topological polar surface area (TPSA) is 42.2 Å². The lowest BCUT2D eigenvalue weighted by Gasteiger charge is -2.19. The Bertz CT molecular complexity index is 454. The lowest BCUT2D eigenvalue weighted by molar-refractivity contribution is 0.985. The number of nitrogens with two attached hydrogens (primary N) is 1. The van der Waals surface area contributed by atoms with Crippen LogP contribution in [0, 0.1) is 0 Å². The summed E-state index contributed by atoms with van der Waals surface area (Å²) >= 11 is 0. The second-order valence-corrected chi connectivity index (χ2v) is 3.60. The fourth-order valence-corrected chi connectivity index (χ4v) is 1.59. The number of rotatable bonds is 3. The third kappa shape index (κ3) is 2.20. The number of hydrogen-bond acceptors (Lipinski definition) is 3. The van der Waals surface area contributed by atoms with Crippen molar-refractivity contribution in [3.8, 4) is 0 Å². The smallest absolute Gasteiger partial charge is 0.0560 e. The number of hydrogen-bond donors (Lipinski definition) is 1. The van der Waals surface area contributed by atoms with Crippen molar-refractivity contribution in [3.05, 3.63) is 54.4 Å². The summed E-state index contributed by atoms with van der Waals surface area (Å²) in [5, 5.41) is 0. The summed E-state index contributed by atoms with van der Waals surface area (Å²) in [5.41, 5.74) is 8.73. The lowest BCUT2D eigenvalue weighted by Crippen LogP contribution is -2.10.